The molecule has 0 spiro atoms. The minimum absolute atomic E-state index is 0.0160. The number of benzene rings is 2. The molecule has 0 N–H and O–H groups in total. The Morgan fingerprint density at radius 3 is 2.20 bits per heavy atom. The number of aryl methyl sites for hydroxylation is 1. The van der Waals surface area contributed by atoms with Gasteiger partial charge < -0.3 is 0 Å². The molecule has 0 radical (unpaired) electrons. The summed E-state index contributed by atoms with van der Waals surface area (Å²) in [6.07, 6.45) is 0. The van der Waals surface area contributed by atoms with Gasteiger partial charge in [0.15, 0.2) is 0 Å². The van der Waals surface area contributed by atoms with E-state index in [0.29, 0.717) is 5.56 Å². The molecule has 2 aromatic rings. The Kier molecular flexibility index (Phi) is 4.81. The van der Waals surface area contributed by atoms with Gasteiger partial charge in [-0.2, -0.15) is 0 Å². The highest BCUT2D eigenvalue weighted by Crippen LogP contribution is 2.33. The Morgan fingerprint density at radius 2 is 1.65 bits per heavy atom. The van der Waals surface area contributed by atoms with E-state index in [1.54, 1.807) is 0 Å². The highest BCUT2D eigenvalue weighted by atomic mass is 33.1. The molecule has 0 amide bonds. The van der Waals surface area contributed by atoms with Crippen molar-refractivity contribution < 1.29 is 9.72 Å². The van der Waals surface area contributed by atoms with Gasteiger partial charge in [0.2, 0.25) is 5.12 Å². The quantitative estimate of drug-likeness (QED) is 0.473. The second kappa shape index (κ2) is 6.58. The molecule has 0 atom stereocenters. The summed E-state index contributed by atoms with van der Waals surface area (Å²) >= 11 is 0. The molecule has 0 fully saturated rings. The van der Waals surface area contributed by atoms with Crippen LogP contribution in [0.4, 0.5) is 5.69 Å². The molecule has 0 bridgehead atoms. The highest BCUT2D eigenvalue weighted by Gasteiger charge is 2.10. The van der Waals surface area contributed by atoms with E-state index in [9.17, 15) is 14.9 Å². The zero-order valence-corrected chi connectivity index (χ0v) is 12.2. The minimum Gasteiger partial charge on any atom is -0.281 e. The largest absolute Gasteiger partial charge is 0.281 e. The van der Waals surface area contributed by atoms with Gasteiger partial charge in [-0.1, -0.05) is 17.7 Å². The smallest absolute Gasteiger partial charge is 0.269 e. The van der Waals surface area contributed by atoms with Crippen LogP contribution in [0, 0.1) is 17.0 Å². The molecule has 0 saturated heterocycles. The first kappa shape index (κ1) is 14.6. The van der Waals surface area contributed by atoms with Crippen molar-refractivity contribution in [2.45, 2.75) is 11.8 Å². The molecule has 4 nitrogen and oxygen atoms in total. The van der Waals surface area contributed by atoms with Gasteiger partial charge in [-0.15, -0.1) is 0 Å². The van der Waals surface area contributed by atoms with Gasteiger partial charge in [-0.05, 0) is 52.8 Å². The van der Waals surface area contributed by atoms with Crippen molar-refractivity contribution in [2.24, 2.45) is 0 Å². The van der Waals surface area contributed by atoms with Crippen LogP contribution in [0.1, 0.15) is 15.9 Å². The third-order valence-electron chi connectivity index (χ3n) is 2.55. The van der Waals surface area contributed by atoms with Crippen LogP contribution in [0.25, 0.3) is 0 Å². The molecule has 0 aliphatic carbocycles. The van der Waals surface area contributed by atoms with Gasteiger partial charge in [0.05, 0.1) is 4.92 Å². The molecule has 20 heavy (non-hydrogen) atoms. The molecule has 0 aromatic heterocycles. The molecule has 0 heterocycles. The molecule has 0 saturated carbocycles. The topological polar surface area (TPSA) is 60.2 Å². The van der Waals surface area contributed by atoms with Crippen molar-refractivity contribution in [2.75, 3.05) is 0 Å². The SMILES string of the molecule is Cc1ccc(SSC(=O)c2ccc([N+](=O)[O-])cc2)cc1. The van der Waals surface area contributed by atoms with E-state index in [4.69, 9.17) is 0 Å². The fraction of sp³-hybridized carbons (Fsp3) is 0.0714. The van der Waals surface area contributed by atoms with E-state index in [1.165, 1.54) is 40.6 Å². The summed E-state index contributed by atoms with van der Waals surface area (Å²) in [5.74, 6) is 0. The number of non-ortho nitro benzene ring substituents is 1. The maximum atomic E-state index is 11.9. The van der Waals surface area contributed by atoms with Gasteiger partial charge in [0.1, 0.15) is 0 Å². The first-order chi connectivity index (χ1) is 9.56. The van der Waals surface area contributed by atoms with Crippen LogP contribution >= 0.6 is 21.6 Å². The van der Waals surface area contributed by atoms with Crippen LogP contribution in [-0.2, 0) is 0 Å². The minimum atomic E-state index is -0.484. The second-order valence-electron chi connectivity index (χ2n) is 4.07. The van der Waals surface area contributed by atoms with Crippen molar-refractivity contribution in [1.82, 2.24) is 0 Å². The zero-order chi connectivity index (χ0) is 14.5. The molecule has 102 valence electrons. The van der Waals surface area contributed by atoms with Crippen LogP contribution in [0.3, 0.4) is 0 Å². The standard InChI is InChI=1S/C14H11NO3S2/c1-10-2-8-13(9-3-10)19-20-14(16)11-4-6-12(7-5-11)15(17)18/h2-9H,1H3. The van der Waals surface area contributed by atoms with E-state index in [1.807, 2.05) is 31.2 Å². The number of rotatable bonds is 4. The average Bonchev–Trinajstić information content (AvgIpc) is 2.46. The summed E-state index contributed by atoms with van der Waals surface area (Å²) < 4.78 is 0. The fourth-order valence-electron chi connectivity index (χ4n) is 1.45. The first-order valence-corrected chi connectivity index (χ1v) is 7.91. The summed E-state index contributed by atoms with van der Waals surface area (Å²) in [6, 6.07) is 13.5. The molecule has 2 rings (SSSR count). The first-order valence-electron chi connectivity index (χ1n) is 5.76. The van der Waals surface area contributed by atoms with Gasteiger partial charge >= 0.3 is 0 Å². The predicted octanol–water partition coefficient (Wildman–Crippen LogP) is 4.48. The summed E-state index contributed by atoms with van der Waals surface area (Å²) in [7, 11) is 2.49. The number of hydrogen-bond donors (Lipinski definition) is 0. The van der Waals surface area contributed by atoms with E-state index < -0.39 is 4.92 Å². The lowest BCUT2D eigenvalue weighted by atomic mass is 10.2. The Labute approximate surface area is 124 Å². The van der Waals surface area contributed by atoms with E-state index >= 15 is 0 Å². The number of hydrogen-bond acceptors (Lipinski definition) is 5. The molecule has 0 aliphatic rings. The molecule has 6 heteroatoms. The Hall–Kier alpha value is -1.79. The Balaban J connectivity index is 1.97. The van der Waals surface area contributed by atoms with Gasteiger partial charge in [0, 0.05) is 22.6 Å². The average molecular weight is 305 g/mol. The maximum Gasteiger partial charge on any atom is 0.269 e. The number of nitro benzene ring substituents is 1. The number of carbonyl (C=O) groups is 1. The zero-order valence-electron chi connectivity index (χ0n) is 10.6. The van der Waals surface area contributed by atoms with E-state index in [2.05, 4.69) is 0 Å². The Bertz CT molecular complexity index is 624. The van der Waals surface area contributed by atoms with Gasteiger partial charge in [-0.3, -0.25) is 14.9 Å². The lowest BCUT2D eigenvalue weighted by Crippen LogP contribution is -1.93. The monoisotopic (exact) mass is 305 g/mol. The van der Waals surface area contributed by atoms with E-state index in [-0.39, 0.29) is 10.8 Å². The fourth-order valence-corrected chi connectivity index (χ4v) is 3.24. The molecule has 0 unspecified atom stereocenters. The van der Waals surface area contributed by atoms with Crippen LogP contribution in [0.2, 0.25) is 0 Å². The van der Waals surface area contributed by atoms with Crippen LogP contribution in [0.15, 0.2) is 53.4 Å². The molecular weight excluding hydrogens is 294 g/mol. The van der Waals surface area contributed by atoms with E-state index in [0.717, 1.165) is 15.7 Å². The highest BCUT2D eigenvalue weighted by molar-refractivity contribution is 8.82. The van der Waals surface area contributed by atoms with Crippen LogP contribution in [0.5, 0.6) is 0 Å². The van der Waals surface area contributed by atoms with Crippen LogP contribution in [-0.4, -0.2) is 10.0 Å². The molecular formula is C14H11NO3S2. The van der Waals surface area contributed by atoms with Crippen molar-refractivity contribution in [1.29, 1.82) is 0 Å². The van der Waals surface area contributed by atoms with Crippen molar-refractivity contribution in [3.05, 3.63) is 69.8 Å². The van der Waals surface area contributed by atoms with Crippen molar-refractivity contribution in [3.63, 3.8) is 0 Å². The summed E-state index contributed by atoms with van der Waals surface area (Å²) in [6.45, 7) is 2.00. The Morgan fingerprint density at radius 1 is 1.05 bits per heavy atom. The molecule has 0 aliphatic heterocycles. The molecule has 2 aromatic carbocycles. The number of nitrogens with zero attached hydrogens (tertiary/aromatic N) is 1. The number of nitro groups is 1. The second-order valence-corrected chi connectivity index (χ2v) is 6.25. The summed E-state index contributed by atoms with van der Waals surface area (Å²) in [5.41, 5.74) is 1.61. The van der Waals surface area contributed by atoms with Crippen LogP contribution < -0.4 is 0 Å². The van der Waals surface area contributed by atoms with Gasteiger partial charge in [-0.25, -0.2) is 0 Å². The lowest BCUT2D eigenvalue weighted by molar-refractivity contribution is -0.384. The maximum absolute atomic E-state index is 11.9. The number of carbonyl (C=O) groups excluding carboxylic acids is 1. The van der Waals surface area contributed by atoms with Crippen molar-refractivity contribution >= 4 is 32.4 Å². The lowest BCUT2D eigenvalue weighted by Gasteiger charge is -2.01. The predicted molar refractivity (Wildman–Crippen MR) is 82.1 cm³/mol. The van der Waals surface area contributed by atoms with Gasteiger partial charge in [0.25, 0.3) is 5.69 Å². The third-order valence-corrected chi connectivity index (χ3v) is 4.76. The normalized spacial score (nSPS) is 10.2. The summed E-state index contributed by atoms with van der Waals surface area (Å²) in [4.78, 5) is 23.0. The summed E-state index contributed by atoms with van der Waals surface area (Å²) in [5, 5.41) is 10.4. The third kappa shape index (κ3) is 3.85. The van der Waals surface area contributed by atoms with Crippen molar-refractivity contribution in [3.8, 4) is 0 Å².